The van der Waals surface area contributed by atoms with Crippen molar-refractivity contribution in [3.05, 3.63) is 11.6 Å². The molecule has 2 unspecified atom stereocenters. The van der Waals surface area contributed by atoms with Crippen LogP contribution in [0.5, 0.6) is 0 Å². The molecule has 0 bridgehead atoms. The topological polar surface area (TPSA) is 26.0 Å². The van der Waals surface area contributed by atoms with E-state index >= 15 is 0 Å². The van der Waals surface area contributed by atoms with Crippen LogP contribution in [-0.2, 0) is 0 Å². The zero-order chi connectivity index (χ0) is 12.6. The monoisotopic (exact) mass is 225 g/mol. The Morgan fingerprint density at radius 2 is 1.88 bits per heavy atom. The van der Waals surface area contributed by atoms with Crippen molar-refractivity contribution in [3.8, 4) is 0 Å². The molecule has 1 heteroatoms. The highest BCUT2D eigenvalue weighted by atomic mass is 14.7. The predicted octanol–water partition coefficient (Wildman–Crippen LogP) is 4.67. The van der Waals surface area contributed by atoms with Crippen molar-refractivity contribution in [2.45, 2.75) is 78.7 Å². The van der Waals surface area contributed by atoms with Gasteiger partial charge in [0.05, 0.1) is 0 Å². The smallest absolute Gasteiger partial charge is 0.0163 e. The second-order valence-electron chi connectivity index (χ2n) is 5.34. The van der Waals surface area contributed by atoms with Crippen LogP contribution in [0.25, 0.3) is 0 Å². The zero-order valence-corrected chi connectivity index (χ0v) is 12.0. The third-order valence-electron chi connectivity index (χ3n) is 3.45. The van der Waals surface area contributed by atoms with Crippen LogP contribution in [0.4, 0.5) is 0 Å². The van der Waals surface area contributed by atoms with Crippen molar-refractivity contribution >= 4 is 0 Å². The molecule has 0 aromatic rings. The highest BCUT2D eigenvalue weighted by Crippen LogP contribution is 2.29. The summed E-state index contributed by atoms with van der Waals surface area (Å²) in [5.74, 6) is 0.745. The van der Waals surface area contributed by atoms with E-state index in [2.05, 4.69) is 40.7 Å². The fraction of sp³-hybridized carbons (Fsp3) is 0.867. The molecule has 0 rings (SSSR count). The van der Waals surface area contributed by atoms with Crippen LogP contribution in [0.2, 0.25) is 0 Å². The van der Waals surface area contributed by atoms with Gasteiger partial charge < -0.3 is 5.73 Å². The maximum Gasteiger partial charge on any atom is 0.0163 e. The quantitative estimate of drug-likeness (QED) is 0.597. The summed E-state index contributed by atoms with van der Waals surface area (Å²) in [6.07, 6.45) is 9.47. The zero-order valence-electron chi connectivity index (χ0n) is 12.0. The second-order valence-corrected chi connectivity index (χ2v) is 5.34. The lowest BCUT2D eigenvalue weighted by Crippen LogP contribution is -2.37. The summed E-state index contributed by atoms with van der Waals surface area (Å²) in [6, 6.07) is 0. The Morgan fingerprint density at radius 1 is 1.25 bits per heavy atom. The summed E-state index contributed by atoms with van der Waals surface area (Å²) in [5.41, 5.74) is 7.91. The first-order valence-corrected chi connectivity index (χ1v) is 6.94. The fourth-order valence-corrected chi connectivity index (χ4v) is 2.61. The molecule has 0 aromatic heterocycles. The van der Waals surface area contributed by atoms with Gasteiger partial charge in [-0.1, -0.05) is 45.3 Å². The molecule has 0 aromatic carbocycles. The van der Waals surface area contributed by atoms with Gasteiger partial charge in [-0.15, -0.1) is 0 Å². The molecule has 2 atom stereocenters. The van der Waals surface area contributed by atoms with E-state index < -0.39 is 0 Å². The minimum atomic E-state index is -0.0161. The van der Waals surface area contributed by atoms with E-state index in [4.69, 9.17) is 5.73 Å². The summed E-state index contributed by atoms with van der Waals surface area (Å²) < 4.78 is 0. The van der Waals surface area contributed by atoms with Gasteiger partial charge in [-0.05, 0) is 45.4 Å². The van der Waals surface area contributed by atoms with Crippen LogP contribution in [0.1, 0.15) is 73.1 Å². The number of hydrogen-bond donors (Lipinski definition) is 1. The molecular formula is C15H31N. The molecule has 0 amide bonds. The van der Waals surface area contributed by atoms with Crippen LogP contribution in [0, 0.1) is 5.92 Å². The average Bonchev–Trinajstić information content (AvgIpc) is 2.23. The van der Waals surface area contributed by atoms with Crippen molar-refractivity contribution in [3.63, 3.8) is 0 Å². The van der Waals surface area contributed by atoms with Crippen LogP contribution in [-0.4, -0.2) is 5.54 Å². The Labute approximate surface area is 102 Å². The summed E-state index contributed by atoms with van der Waals surface area (Å²) in [4.78, 5) is 0. The van der Waals surface area contributed by atoms with E-state index in [1.165, 1.54) is 25.7 Å². The van der Waals surface area contributed by atoms with Gasteiger partial charge in [0.2, 0.25) is 0 Å². The Balaban J connectivity index is 4.50. The SMILES string of the molecule is C/C=C(/CC(C)(N)CCC)C(CC)CCC. The van der Waals surface area contributed by atoms with Crippen molar-refractivity contribution in [2.75, 3.05) is 0 Å². The molecule has 0 spiro atoms. The van der Waals surface area contributed by atoms with Gasteiger partial charge in [-0.2, -0.15) is 0 Å². The lowest BCUT2D eigenvalue weighted by molar-refractivity contribution is 0.392. The first kappa shape index (κ1) is 15.7. The molecule has 0 radical (unpaired) electrons. The Hall–Kier alpha value is -0.300. The van der Waals surface area contributed by atoms with Crippen molar-refractivity contribution in [1.29, 1.82) is 0 Å². The first-order chi connectivity index (χ1) is 7.50. The highest BCUT2D eigenvalue weighted by Gasteiger charge is 2.22. The molecule has 0 fully saturated rings. The second kappa shape index (κ2) is 7.89. The highest BCUT2D eigenvalue weighted by molar-refractivity contribution is 5.10. The maximum atomic E-state index is 6.35. The van der Waals surface area contributed by atoms with Crippen LogP contribution in [0.3, 0.4) is 0 Å². The Morgan fingerprint density at radius 3 is 2.25 bits per heavy atom. The molecule has 0 saturated heterocycles. The van der Waals surface area contributed by atoms with Crippen molar-refractivity contribution in [2.24, 2.45) is 11.7 Å². The molecule has 1 nitrogen and oxygen atoms in total. The van der Waals surface area contributed by atoms with Gasteiger partial charge >= 0.3 is 0 Å². The van der Waals surface area contributed by atoms with Gasteiger partial charge in [0.15, 0.2) is 0 Å². The van der Waals surface area contributed by atoms with Gasteiger partial charge in [0.1, 0.15) is 0 Å². The van der Waals surface area contributed by atoms with Gasteiger partial charge in [-0.3, -0.25) is 0 Å². The van der Waals surface area contributed by atoms with Gasteiger partial charge in [0.25, 0.3) is 0 Å². The maximum absolute atomic E-state index is 6.35. The van der Waals surface area contributed by atoms with E-state index in [1.54, 1.807) is 5.57 Å². The summed E-state index contributed by atoms with van der Waals surface area (Å²) in [7, 11) is 0. The largest absolute Gasteiger partial charge is 0.325 e. The van der Waals surface area contributed by atoms with E-state index in [-0.39, 0.29) is 5.54 Å². The van der Waals surface area contributed by atoms with Crippen molar-refractivity contribution in [1.82, 2.24) is 0 Å². The average molecular weight is 225 g/mol. The summed E-state index contributed by atoms with van der Waals surface area (Å²) in [6.45, 7) is 11.1. The predicted molar refractivity (Wildman–Crippen MR) is 74.6 cm³/mol. The molecular weight excluding hydrogens is 194 g/mol. The normalized spacial score (nSPS) is 18.2. The minimum absolute atomic E-state index is 0.0161. The fourth-order valence-electron chi connectivity index (χ4n) is 2.61. The summed E-state index contributed by atoms with van der Waals surface area (Å²) in [5, 5.41) is 0. The third kappa shape index (κ3) is 5.69. The Bertz CT molecular complexity index is 203. The number of allylic oxidation sites excluding steroid dienone is 1. The number of nitrogens with two attached hydrogens (primary N) is 1. The van der Waals surface area contributed by atoms with E-state index in [0.29, 0.717) is 0 Å². The molecule has 2 N–H and O–H groups in total. The molecule has 0 aliphatic rings. The van der Waals surface area contributed by atoms with Crippen LogP contribution >= 0.6 is 0 Å². The lowest BCUT2D eigenvalue weighted by atomic mass is 9.81. The van der Waals surface area contributed by atoms with Crippen LogP contribution < -0.4 is 5.73 Å². The molecule has 0 aliphatic carbocycles. The van der Waals surface area contributed by atoms with Crippen LogP contribution in [0.15, 0.2) is 11.6 Å². The van der Waals surface area contributed by atoms with E-state index in [9.17, 15) is 0 Å². The Kier molecular flexibility index (Phi) is 7.74. The number of rotatable bonds is 8. The first-order valence-electron chi connectivity index (χ1n) is 6.94. The molecule has 0 aliphatic heterocycles. The molecule has 16 heavy (non-hydrogen) atoms. The minimum Gasteiger partial charge on any atom is -0.325 e. The standard InChI is InChI=1S/C15H31N/c1-6-10-13(8-3)14(9-4)12-15(5,16)11-7-2/h9,13H,6-8,10-12,16H2,1-5H3/b14-9-. The van der Waals surface area contributed by atoms with Gasteiger partial charge in [0, 0.05) is 5.54 Å². The summed E-state index contributed by atoms with van der Waals surface area (Å²) >= 11 is 0. The number of hydrogen-bond acceptors (Lipinski definition) is 1. The molecule has 96 valence electrons. The van der Waals surface area contributed by atoms with E-state index in [0.717, 1.165) is 18.8 Å². The molecule has 0 saturated carbocycles. The lowest BCUT2D eigenvalue weighted by Gasteiger charge is -2.29. The van der Waals surface area contributed by atoms with Gasteiger partial charge in [-0.25, -0.2) is 0 Å². The van der Waals surface area contributed by atoms with Crippen molar-refractivity contribution < 1.29 is 0 Å². The molecule has 0 heterocycles. The van der Waals surface area contributed by atoms with E-state index in [1.807, 2.05) is 0 Å². The third-order valence-corrected chi connectivity index (χ3v) is 3.45.